The van der Waals surface area contributed by atoms with Crippen LogP contribution >= 0.6 is 11.5 Å². The Morgan fingerprint density at radius 1 is 1.41 bits per heavy atom. The molecular formula is C19H21N5O2S. The van der Waals surface area contributed by atoms with Gasteiger partial charge in [0.25, 0.3) is 0 Å². The van der Waals surface area contributed by atoms with Crippen LogP contribution < -0.4 is 4.74 Å². The molecule has 0 aromatic carbocycles. The standard InChI is InChI=1S/C19H21N5O2S/c1-3-18(25)23-9-4-5-14(7-10-23)26-19-16-6-8-20-24(16)12-15(21-19)17-11-13(2)22-27-17/h3,6,8,11-12,14H,1,4-5,7,9-10H2,2H3/t14-/m1/s1. The van der Waals surface area contributed by atoms with Gasteiger partial charge in [-0.2, -0.15) is 9.47 Å². The molecule has 0 radical (unpaired) electrons. The Balaban J connectivity index is 1.59. The predicted octanol–water partition coefficient (Wildman–Crippen LogP) is 3.11. The summed E-state index contributed by atoms with van der Waals surface area (Å²) in [5, 5.41) is 4.35. The van der Waals surface area contributed by atoms with Crippen molar-refractivity contribution in [3.8, 4) is 16.5 Å². The molecule has 3 aromatic rings. The maximum absolute atomic E-state index is 11.9. The number of rotatable bonds is 4. The topological polar surface area (TPSA) is 72.6 Å². The van der Waals surface area contributed by atoms with Gasteiger partial charge < -0.3 is 9.64 Å². The molecule has 4 rings (SSSR count). The lowest BCUT2D eigenvalue weighted by Gasteiger charge is -2.19. The molecule has 0 bridgehead atoms. The fourth-order valence-electron chi connectivity index (χ4n) is 3.28. The van der Waals surface area contributed by atoms with E-state index in [9.17, 15) is 4.79 Å². The molecule has 1 aliphatic heterocycles. The number of amides is 1. The average Bonchev–Trinajstić information content (AvgIpc) is 3.26. The zero-order valence-electron chi connectivity index (χ0n) is 15.2. The van der Waals surface area contributed by atoms with Crippen molar-refractivity contribution in [2.24, 2.45) is 0 Å². The molecule has 0 aliphatic carbocycles. The summed E-state index contributed by atoms with van der Waals surface area (Å²) < 4.78 is 12.4. The number of ether oxygens (including phenoxy) is 1. The van der Waals surface area contributed by atoms with Crippen molar-refractivity contribution in [2.75, 3.05) is 13.1 Å². The fraction of sp³-hybridized carbons (Fsp3) is 0.368. The van der Waals surface area contributed by atoms with Gasteiger partial charge in [-0.3, -0.25) is 4.79 Å². The molecule has 0 unspecified atom stereocenters. The highest BCUT2D eigenvalue weighted by molar-refractivity contribution is 7.09. The molecule has 1 amide bonds. The van der Waals surface area contributed by atoms with E-state index in [1.54, 1.807) is 10.7 Å². The summed E-state index contributed by atoms with van der Waals surface area (Å²) in [5.74, 6) is 0.555. The van der Waals surface area contributed by atoms with E-state index in [0.717, 1.165) is 47.6 Å². The second kappa shape index (κ2) is 7.48. The van der Waals surface area contributed by atoms with Gasteiger partial charge in [0.1, 0.15) is 17.3 Å². The van der Waals surface area contributed by atoms with Crippen molar-refractivity contribution in [3.05, 3.63) is 42.9 Å². The van der Waals surface area contributed by atoms with E-state index in [4.69, 9.17) is 9.72 Å². The van der Waals surface area contributed by atoms with Crippen LogP contribution in [0.25, 0.3) is 16.1 Å². The Labute approximate surface area is 161 Å². The van der Waals surface area contributed by atoms with E-state index < -0.39 is 0 Å². The van der Waals surface area contributed by atoms with Crippen molar-refractivity contribution in [3.63, 3.8) is 0 Å². The third-order valence-electron chi connectivity index (χ3n) is 4.68. The van der Waals surface area contributed by atoms with Gasteiger partial charge in [0.15, 0.2) is 0 Å². The van der Waals surface area contributed by atoms with E-state index >= 15 is 0 Å². The van der Waals surface area contributed by atoms with E-state index in [1.165, 1.54) is 17.6 Å². The van der Waals surface area contributed by atoms with Gasteiger partial charge in [-0.05, 0) is 49.5 Å². The van der Waals surface area contributed by atoms with Gasteiger partial charge in [0, 0.05) is 19.5 Å². The molecule has 0 spiro atoms. The van der Waals surface area contributed by atoms with Gasteiger partial charge >= 0.3 is 0 Å². The number of likely N-dealkylation sites (tertiary alicyclic amines) is 1. The third-order valence-corrected chi connectivity index (χ3v) is 5.58. The second-order valence-corrected chi connectivity index (χ2v) is 7.43. The van der Waals surface area contributed by atoms with Crippen LogP contribution in [0.4, 0.5) is 0 Å². The molecule has 8 heteroatoms. The number of carbonyl (C=O) groups is 1. The zero-order valence-corrected chi connectivity index (χ0v) is 16.0. The van der Waals surface area contributed by atoms with Crippen LogP contribution in [0.15, 0.2) is 37.2 Å². The number of carbonyl (C=O) groups excluding carboxylic acids is 1. The molecule has 0 saturated carbocycles. The molecule has 1 atom stereocenters. The summed E-state index contributed by atoms with van der Waals surface area (Å²) in [6.07, 6.45) is 7.57. The number of aromatic nitrogens is 4. The van der Waals surface area contributed by atoms with E-state index in [-0.39, 0.29) is 12.0 Å². The maximum Gasteiger partial charge on any atom is 0.245 e. The van der Waals surface area contributed by atoms with E-state index in [1.807, 2.05) is 30.2 Å². The predicted molar refractivity (Wildman–Crippen MR) is 104 cm³/mol. The van der Waals surface area contributed by atoms with Crippen LogP contribution in [0.1, 0.15) is 25.0 Å². The summed E-state index contributed by atoms with van der Waals surface area (Å²) >= 11 is 1.42. The van der Waals surface area contributed by atoms with Crippen molar-refractivity contribution >= 4 is 23.0 Å². The smallest absolute Gasteiger partial charge is 0.245 e. The normalized spacial score (nSPS) is 17.7. The largest absolute Gasteiger partial charge is 0.473 e. The fourth-order valence-corrected chi connectivity index (χ4v) is 3.99. The van der Waals surface area contributed by atoms with Crippen LogP contribution in [-0.4, -0.2) is 49.0 Å². The minimum atomic E-state index is -0.0190. The van der Waals surface area contributed by atoms with E-state index in [0.29, 0.717) is 12.4 Å². The number of hydrogen-bond acceptors (Lipinski definition) is 6. The van der Waals surface area contributed by atoms with Crippen molar-refractivity contribution in [1.82, 2.24) is 23.9 Å². The van der Waals surface area contributed by atoms with Crippen molar-refractivity contribution < 1.29 is 9.53 Å². The second-order valence-electron chi connectivity index (χ2n) is 6.63. The van der Waals surface area contributed by atoms with Gasteiger partial charge in [0.05, 0.1) is 23.0 Å². The number of hydrogen-bond donors (Lipinski definition) is 0. The lowest BCUT2D eigenvalue weighted by atomic mass is 10.1. The number of nitrogens with zero attached hydrogens (tertiary/aromatic N) is 5. The Kier molecular flexibility index (Phi) is 4.89. The van der Waals surface area contributed by atoms with Crippen LogP contribution in [0.5, 0.6) is 5.88 Å². The first-order valence-electron chi connectivity index (χ1n) is 9.00. The first-order valence-corrected chi connectivity index (χ1v) is 9.77. The molecule has 140 valence electrons. The Bertz CT molecular complexity index is 980. The maximum atomic E-state index is 11.9. The van der Waals surface area contributed by atoms with Crippen molar-refractivity contribution in [1.29, 1.82) is 0 Å². The lowest BCUT2D eigenvalue weighted by Crippen LogP contribution is -2.30. The lowest BCUT2D eigenvalue weighted by molar-refractivity contribution is -0.126. The Morgan fingerprint density at radius 3 is 3.07 bits per heavy atom. The van der Waals surface area contributed by atoms with Gasteiger partial charge in [-0.1, -0.05) is 6.58 Å². The summed E-state index contributed by atoms with van der Waals surface area (Å²) in [4.78, 5) is 19.4. The van der Waals surface area contributed by atoms with Gasteiger partial charge in [0.2, 0.25) is 11.8 Å². The van der Waals surface area contributed by atoms with Crippen LogP contribution in [-0.2, 0) is 4.79 Å². The Hall–Kier alpha value is -2.74. The molecule has 1 saturated heterocycles. The van der Waals surface area contributed by atoms with E-state index in [2.05, 4.69) is 16.1 Å². The summed E-state index contributed by atoms with van der Waals surface area (Å²) in [5.41, 5.74) is 2.60. The third kappa shape index (κ3) is 3.71. The monoisotopic (exact) mass is 383 g/mol. The number of aryl methyl sites for hydroxylation is 1. The highest BCUT2D eigenvalue weighted by atomic mass is 32.1. The number of fused-ring (bicyclic) bond motifs is 1. The van der Waals surface area contributed by atoms with Crippen LogP contribution in [0, 0.1) is 6.92 Å². The highest BCUT2D eigenvalue weighted by Crippen LogP contribution is 2.28. The molecule has 1 fully saturated rings. The molecule has 0 N–H and O–H groups in total. The average molecular weight is 383 g/mol. The van der Waals surface area contributed by atoms with Crippen molar-refractivity contribution in [2.45, 2.75) is 32.3 Å². The summed E-state index contributed by atoms with van der Waals surface area (Å²) in [6, 6.07) is 3.91. The summed E-state index contributed by atoms with van der Waals surface area (Å²) in [7, 11) is 0. The molecule has 27 heavy (non-hydrogen) atoms. The molecule has 1 aliphatic rings. The first kappa shape index (κ1) is 17.7. The molecule has 3 aromatic heterocycles. The van der Waals surface area contributed by atoms with Crippen LogP contribution in [0.3, 0.4) is 0 Å². The summed E-state index contributed by atoms with van der Waals surface area (Å²) in [6.45, 7) is 6.94. The minimum absolute atomic E-state index is 0.0114. The van der Waals surface area contributed by atoms with Gasteiger partial charge in [-0.25, -0.2) is 9.50 Å². The quantitative estimate of drug-likeness (QED) is 0.647. The van der Waals surface area contributed by atoms with Gasteiger partial charge in [-0.15, -0.1) is 0 Å². The molecular weight excluding hydrogens is 362 g/mol. The molecule has 4 heterocycles. The molecule has 7 nitrogen and oxygen atoms in total. The highest BCUT2D eigenvalue weighted by Gasteiger charge is 2.22. The minimum Gasteiger partial charge on any atom is -0.473 e. The zero-order chi connectivity index (χ0) is 18.8. The first-order chi connectivity index (χ1) is 13.1. The van der Waals surface area contributed by atoms with Crippen LogP contribution in [0.2, 0.25) is 0 Å². The SMILES string of the molecule is C=CC(=O)N1CCC[C@@H](Oc2nc(-c3cc(C)ns3)cn3nccc23)CC1. The Morgan fingerprint density at radius 2 is 2.30 bits per heavy atom.